The average Bonchev–Trinajstić information content (AvgIpc) is 2.94. The van der Waals surface area contributed by atoms with Gasteiger partial charge in [0.2, 0.25) is 11.7 Å². The molecule has 2 amide bonds. The standard InChI is InChI=1S/C16H21N5O2/c1-2-18-16(22)21-10-5-3-4-8-13(21)15-19-14(20-23-15)12-7-6-9-17-11-12/h6-7,9,11,13H,2-5,8,10H2,1H3,(H,18,22). The molecule has 1 saturated heterocycles. The first-order valence-corrected chi connectivity index (χ1v) is 8.08. The maximum absolute atomic E-state index is 12.3. The van der Waals surface area contributed by atoms with E-state index in [2.05, 4.69) is 20.4 Å². The van der Waals surface area contributed by atoms with Crippen LogP contribution in [0.1, 0.15) is 44.5 Å². The Balaban J connectivity index is 1.85. The highest BCUT2D eigenvalue weighted by Gasteiger charge is 2.30. The molecule has 0 aromatic carbocycles. The molecule has 0 saturated carbocycles. The maximum Gasteiger partial charge on any atom is 0.318 e. The van der Waals surface area contributed by atoms with Crippen molar-refractivity contribution in [2.45, 2.75) is 38.6 Å². The first-order valence-electron chi connectivity index (χ1n) is 8.08. The molecular formula is C16H21N5O2. The first-order chi connectivity index (χ1) is 11.3. The second-order valence-electron chi connectivity index (χ2n) is 5.59. The molecule has 7 nitrogen and oxygen atoms in total. The van der Waals surface area contributed by atoms with Crippen molar-refractivity contribution < 1.29 is 9.32 Å². The molecule has 0 radical (unpaired) electrons. The lowest BCUT2D eigenvalue weighted by Gasteiger charge is -2.27. The molecule has 1 fully saturated rings. The van der Waals surface area contributed by atoms with Gasteiger partial charge in [-0.1, -0.05) is 18.0 Å². The van der Waals surface area contributed by atoms with E-state index in [1.807, 2.05) is 24.0 Å². The number of nitrogens with one attached hydrogen (secondary N) is 1. The molecule has 3 heterocycles. The maximum atomic E-state index is 12.3. The Morgan fingerprint density at radius 3 is 3.13 bits per heavy atom. The fourth-order valence-electron chi connectivity index (χ4n) is 2.84. The van der Waals surface area contributed by atoms with Crippen molar-refractivity contribution in [2.24, 2.45) is 0 Å². The van der Waals surface area contributed by atoms with Gasteiger partial charge in [-0.2, -0.15) is 4.98 Å². The molecule has 1 aliphatic heterocycles. The topological polar surface area (TPSA) is 84.2 Å². The first kappa shape index (κ1) is 15.5. The Labute approximate surface area is 135 Å². The van der Waals surface area contributed by atoms with E-state index in [1.54, 1.807) is 12.4 Å². The van der Waals surface area contributed by atoms with Gasteiger partial charge in [0.15, 0.2) is 0 Å². The molecule has 3 rings (SSSR count). The highest BCUT2D eigenvalue weighted by atomic mass is 16.5. The summed E-state index contributed by atoms with van der Waals surface area (Å²) < 4.78 is 5.46. The fraction of sp³-hybridized carbons (Fsp3) is 0.500. The predicted octanol–water partition coefficient (Wildman–Crippen LogP) is 2.78. The average molecular weight is 315 g/mol. The predicted molar refractivity (Wildman–Crippen MR) is 84.5 cm³/mol. The number of hydrogen-bond acceptors (Lipinski definition) is 5. The Morgan fingerprint density at radius 1 is 1.43 bits per heavy atom. The number of aromatic nitrogens is 3. The zero-order chi connectivity index (χ0) is 16.1. The van der Waals surface area contributed by atoms with Gasteiger partial charge in [0.25, 0.3) is 0 Å². The number of nitrogens with zero attached hydrogens (tertiary/aromatic N) is 4. The van der Waals surface area contributed by atoms with Crippen LogP contribution in [-0.4, -0.2) is 39.1 Å². The molecule has 0 spiro atoms. The van der Waals surface area contributed by atoms with Gasteiger partial charge in [0.1, 0.15) is 6.04 Å². The Kier molecular flexibility index (Phi) is 4.85. The van der Waals surface area contributed by atoms with Gasteiger partial charge in [-0.05, 0) is 31.9 Å². The smallest absolute Gasteiger partial charge is 0.318 e. The summed E-state index contributed by atoms with van der Waals surface area (Å²) in [5.41, 5.74) is 0.806. The van der Waals surface area contributed by atoms with E-state index in [4.69, 9.17) is 4.52 Å². The van der Waals surface area contributed by atoms with Crippen LogP contribution in [0.5, 0.6) is 0 Å². The van der Waals surface area contributed by atoms with Crippen LogP contribution in [0, 0.1) is 0 Å². The normalized spacial score (nSPS) is 18.5. The van der Waals surface area contributed by atoms with Crippen molar-refractivity contribution in [1.82, 2.24) is 25.3 Å². The molecular weight excluding hydrogens is 294 g/mol. The third-order valence-corrected chi connectivity index (χ3v) is 3.99. The van der Waals surface area contributed by atoms with Gasteiger partial charge in [-0.3, -0.25) is 4.98 Å². The van der Waals surface area contributed by atoms with E-state index < -0.39 is 0 Å². The minimum absolute atomic E-state index is 0.0690. The zero-order valence-electron chi connectivity index (χ0n) is 13.2. The third kappa shape index (κ3) is 3.49. The molecule has 2 aromatic rings. The summed E-state index contributed by atoms with van der Waals surface area (Å²) in [7, 11) is 0. The lowest BCUT2D eigenvalue weighted by atomic mass is 10.1. The molecule has 23 heavy (non-hydrogen) atoms. The SMILES string of the molecule is CCNC(=O)N1CCCCCC1c1nc(-c2cccnc2)no1. The highest BCUT2D eigenvalue weighted by molar-refractivity contribution is 5.74. The summed E-state index contributed by atoms with van der Waals surface area (Å²) in [5.74, 6) is 1.00. The molecule has 1 unspecified atom stereocenters. The molecule has 2 aromatic heterocycles. The van der Waals surface area contributed by atoms with E-state index in [1.165, 1.54) is 0 Å². The van der Waals surface area contributed by atoms with Crippen molar-refractivity contribution in [3.05, 3.63) is 30.4 Å². The van der Waals surface area contributed by atoms with Crippen LogP contribution in [0.15, 0.2) is 29.0 Å². The fourth-order valence-corrected chi connectivity index (χ4v) is 2.84. The van der Waals surface area contributed by atoms with Crippen LogP contribution >= 0.6 is 0 Å². The van der Waals surface area contributed by atoms with Crippen molar-refractivity contribution in [3.8, 4) is 11.4 Å². The second-order valence-corrected chi connectivity index (χ2v) is 5.59. The number of pyridine rings is 1. The minimum atomic E-state index is -0.165. The minimum Gasteiger partial charge on any atom is -0.338 e. The van der Waals surface area contributed by atoms with Crippen LogP contribution in [-0.2, 0) is 0 Å². The summed E-state index contributed by atoms with van der Waals surface area (Å²) in [5, 5.41) is 6.92. The van der Waals surface area contributed by atoms with E-state index in [9.17, 15) is 4.79 Å². The molecule has 0 bridgehead atoms. The molecule has 1 aliphatic rings. The van der Waals surface area contributed by atoms with Crippen LogP contribution < -0.4 is 5.32 Å². The summed E-state index contributed by atoms with van der Waals surface area (Å²) in [6.45, 7) is 3.23. The quantitative estimate of drug-likeness (QED) is 0.941. The van der Waals surface area contributed by atoms with E-state index >= 15 is 0 Å². The van der Waals surface area contributed by atoms with Crippen LogP contribution in [0.4, 0.5) is 4.79 Å². The van der Waals surface area contributed by atoms with Crippen molar-refractivity contribution in [3.63, 3.8) is 0 Å². The summed E-state index contributed by atoms with van der Waals surface area (Å²) in [6.07, 6.45) is 7.39. The van der Waals surface area contributed by atoms with Gasteiger partial charge < -0.3 is 14.7 Å². The van der Waals surface area contributed by atoms with Crippen LogP contribution in [0.3, 0.4) is 0 Å². The van der Waals surface area contributed by atoms with Gasteiger partial charge >= 0.3 is 6.03 Å². The second kappa shape index (κ2) is 7.21. The summed E-state index contributed by atoms with van der Waals surface area (Å²) in [4.78, 5) is 22.7. The monoisotopic (exact) mass is 315 g/mol. The summed E-state index contributed by atoms with van der Waals surface area (Å²) in [6, 6.07) is 3.48. The lowest BCUT2D eigenvalue weighted by Crippen LogP contribution is -2.42. The number of amides is 2. The van der Waals surface area contributed by atoms with E-state index in [0.29, 0.717) is 24.8 Å². The Morgan fingerprint density at radius 2 is 2.35 bits per heavy atom. The highest BCUT2D eigenvalue weighted by Crippen LogP contribution is 2.30. The number of carbonyl (C=O) groups is 1. The molecule has 1 atom stereocenters. The lowest BCUT2D eigenvalue weighted by molar-refractivity contribution is 0.159. The van der Waals surface area contributed by atoms with E-state index in [0.717, 1.165) is 31.2 Å². The largest absolute Gasteiger partial charge is 0.338 e. The molecule has 0 aliphatic carbocycles. The third-order valence-electron chi connectivity index (χ3n) is 3.99. The summed E-state index contributed by atoms with van der Waals surface area (Å²) >= 11 is 0. The number of carbonyl (C=O) groups excluding carboxylic acids is 1. The van der Waals surface area contributed by atoms with Gasteiger partial charge in [-0.15, -0.1) is 0 Å². The molecule has 7 heteroatoms. The molecule has 122 valence electrons. The zero-order valence-corrected chi connectivity index (χ0v) is 13.2. The number of hydrogen-bond donors (Lipinski definition) is 1. The van der Waals surface area contributed by atoms with Crippen molar-refractivity contribution in [2.75, 3.05) is 13.1 Å². The number of rotatable bonds is 3. The van der Waals surface area contributed by atoms with Gasteiger partial charge in [0, 0.05) is 31.0 Å². The Bertz CT molecular complexity index is 643. The molecule has 1 N–H and O–H groups in total. The number of urea groups is 1. The van der Waals surface area contributed by atoms with Crippen molar-refractivity contribution in [1.29, 1.82) is 0 Å². The Hall–Kier alpha value is -2.44. The van der Waals surface area contributed by atoms with Gasteiger partial charge in [-0.25, -0.2) is 4.79 Å². The van der Waals surface area contributed by atoms with E-state index in [-0.39, 0.29) is 12.1 Å². The van der Waals surface area contributed by atoms with Gasteiger partial charge in [0.05, 0.1) is 0 Å². The van der Waals surface area contributed by atoms with Crippen molar-refractivity contribution >= 4 is 6.03 Å². The van der Waals surface area contributed by atoms with Crippen LogP contribution in [0.2, 0.25) is 0 Å². The number of likely N-dealkylation sites (tertiary alicyclic amines) is 1. The van der Waals surface area contributed by atoms with Crippen LogP contribution in [0.25, 0.3) is 11.4 Å².